The Kier molecular flexibility index (Phi) is 70.1. The fourth-order valence-electron chi connectivity index (χ4n) is 0. The van der Waals surface area contributed by atoms with E-state index in [1.54, 1.807) is 0 Å². The molecule has 0 aromatic rings. The van der Waals surface area contributed by atoms with Crippen LogP contribution in [-0.4, -0.2) is 25.4 Å². The molecule has 0 aliphatic heterocycles. The summed E-state index contributed by atoms with van der Waals surface area (Å²) in [7, 11) is 0. The predicted octanol–water partition coefficient (Wildman–Crippen LogP) is -0.822. The van der Waals surface area contributed by atoms with Crippen LogP contribution in [0.25, 0.3) is 0 Å². The van der Waals surface area contributed by atoms with Crippen molar-refractivity contribution in [3.05, 3.63) is 76.6 Å². The van der Waals surface area contributed by atoms with Gasteiger partial charge in [0.15, 0.2) is 0 Å². The van der Waals surface area contributed by atoms with E-state index in [1.165, 1.54) is 0 Å². The standard InChI is InChI=1S/5NO3.H3N.Pt/c5*2-1(3)4;;/h;;;;;1H3;/q5*-1;;+4/p+1. The SMILES string of the molecule is O=[N+]([O-])[O-].O=[N+]([O-])[O-].O=[N+]([O-])[O-].O=[N+]([O-])[O-].O=[N+]([O-])[O-].[NH4+].[Pt+4]. The molecule has 0 amide bonds. The number of hydrogen-bond donors (Lipinski definition) is 1. The van der Waals surface area contributed by atoms with Crippen LogP contribution < -0.4 is 6.15 Å². The van der Waals surface area contributed by atoms with Crippen LogP contribution >= 0.6 is 0 Å². The van der Waals surface area contributed by atoms with Gasteiger partial charge in [-0.1, -0.05) is 0 Å². The Balaban J connectivity index is -0.0000000250. The van der Waals surface area contributed by atoms with Gasteiger partial charge in [0.25, 0.3) is 0 Å². The summed E-state index contributed by atoms with van der Waals surface area (Å²) in [4.78, 5) is 41.2. The van der Waals surface area contributed by atoms with Crippen LogP contribution in [0.4, 0.5) is 0 Å². The molecule has 0 spiro atoms. The van der Waals surface area contributed by atoms with E-state index in [2.05, 4.69) is 0 Å². The van der Waals surface area contributed by atoms with Crippen molar-refractivity contribution in [1.82, 2.24) is 6.15 Å². The molecule has 0 aromatic carbocycles. The van der Waals surface area contributed by atoms with E-state index in [9.17, 15) is 0 Å². The Bertz CT molecular complexity index is 209. The third kappa shape index (κ3) is 363. The van der Waals surface area contributed by atoms with Crippen molar-refractivity contribution in [1.29, 1.82) is 0 Å². The summed E-state index contributed by atoms with van der Waals surface area (Å²) in [5.41, 5.74) is 0. The van der Waals surface area contributed by atoms with Gasteiger partial charge in [0.2, 0.25) is 0 Å². The minimum Gasteiger partial charge on any atom is -0.369 e. The quantitative estimate of drug-likeness (QED) is 0.299. The van der Waals surface area contributed by atoms with E-state index in [-0.39, 0.29) is 27.2 Å². The minimum absolute atomic E-state index is 0. The summed E-state index contributed by atoms with van der Waals surface area (Å²) < 4.78 is 0. The summed E-state index contributed by atoms with van der Waals surface area (Å²) in [6.45, 7) is 0. The van der Waals surface area contributed by atoms with Crippen LogP contribution in [0.1, 0.15) is 0 Å². The van der Waals surface area contributed by atoms with E-state index in [0.717, 1.165) is 0 Å². The number of nitrogens with zero attached hydrogens (tertiary/aromatic N) is 5. The fourth-order valence-corrected chi connectivity index (χ4v) is 0. The second-order valence-corrected chi connectivity index (χ2v) is 1.12. The van der Waals surface area contributed by atoms with E-state index in [4.69, 9.17) is 76.6 Å². The Morgan fingerprint density at radius 1 is 0.364 bits per heavy atom. The third-order valence-electron chi connectivity index (χ3n) is 0. The molecule has 0 rings (SSSR count). The van der Waals surface area contributed by atoms with Gasteiger partial charge in [-0.3, -0.25) is 0 Å². The van der Waals surface area contributed by atoms with Gasteiger partial charge in [-0.25, -0.2) is 0 Å². The van der Waals surface area contributed by atoms with Gasteiger partial charge in [-0.2, -0.15) is 0 Å². The zero-order chi connectivity index (χ0) is 17.9. The van der Waals surface area contributed by atoms with Crippen LogP contribution in [0.3, 0.4) is 0 Å². The molecule has 22 heavy (non-hydrogen) atoms. The first-order valence-electron chi connectivity index (χ1n) is 2.74. The zero-order valence-electron chi connectivity index (χ0n) is 9.68. The molecular weight excluding hydrogens is 519 g/mol. The van der Waals surface area contributed by atoms with Crippen LogP contribution in [0.2, 0.25) is 0 Å². The first-order valence-corrected chi connectivity index (χ1v) is 2.74. The molecule has 0 radical (unpaired) electrons. The van der Waals surface area contributed by atoms with Gasteiger partial charge in [-0.05, 0) is 0 Å². The maximum Gasteiger partial charge on any atom is 4.00 e. The average Bonchev–Trinajstić information content (AvgIpc) is 1.94. The molecule has 0 unspecified atom stereocenters. The molecule has 0 aromatic heterocycles. The monoisotopic (exact) mass is 523 g/mol. The summed E-state index contributed by atoms with van der Waals surface area (Å²) in [6, 6.07) is 0. The summed E-state index contributed by atoms with van der Waals surface area (Å²) in [6.07, 6.45) is 0. The average molecular weight is 523 g/mol. The fraction of sp³-hybridized carbons (Fsp3) is 0. The molecular formula is H4N6O15Pt. The van der Waals surface area contributed by atoms with E-state index >= 15 is 0 Å². The van der Waals surface area contributed by atoms with E-state index < -0.39 is 25.4 Å². The third-order valence-corrected chi connectivity index (χ3v) is 0. The van der Waals surface area contributed by atoms with Crippen molar-refractivity contribution in [3.63, 3.8) is 0 Å². The van der Waals surface area contributed by atoms with Gasteiger partial charge in [0.1, 0.15) is 0 Å². The van der Waals surface area contributed by atoms with Crippen LogP contribution in [0.15, 0.2) is 0 Å². The van der Waals surface area contributed by atoms with Crippen molar-refractivity contribution < 1.29 is 46.5 Å². The van der Waals surface area contributed by atoms with Crippen LogP contribution in [-0.2, 0) is 21.1 Å². The van der Waals surface area contributed by atoms with Crippen LogP contribution in [0, 0.1) is 76.6 Å². The normalized spacial score (nSPS) is 5.45. The largest absolute Gasteiger partial charge is 4.00 e. The molecule has 0 bridgehead atoms. The number of hydrogen-bond acceptors (Lipinski definition) is 15. The first kappa shape index (κ1) is 42.8. The molecule has 0 heterocycles. The zero-order valence-corrected chi connectivity index (χ0v) is 11.9. The van der Waals surface area contributed by atoms with Gasteiger partial charge in [0.05, 0.1) is 25.4 Å². The summed E-state index contributed by atoms with van der Waals surface area (Å²) in [5, 5.41) is 73.8. The molecule has 0 fully saturated rings. The topological polar surface area (TPSA) is 367 Å². The maximum absolute atomic E-state index is 8.25. The minimum atomic E-state index is -1.75. The Morgan fingerprint density at radius 2 is 0.364 bits per heavy atom. The molecule has 0 aliphatic rings. The second-order valence-electron chi connectivity index (χ2n) is 1.12. The second kappa shape index (κ2) is 36.1. The smallest absolute Gasteiger partial charge is 0.369 e. The summed E-state index contributed by atoms with van der Waals surface area (Å²) >= 11 is 0. The number of rotatable bonds is 0. The molecule has 0 saturated heterocycles. The Labute approximate surface area is 130 Å². The van der Waals surface area contributed by atoms with Gasteiger partial charge >= 0.3 is 21.1 Å². The predicted molar refractivity (Wildman–Crippen MR) is 57.8 cm³/mol. The molecule has 0 atom stereocenters. The molecule has 4 N–H and O–H groups in total. The Hall–Kier alpha value is -3.35. The molecule has 22 heteroatoms. The van der Waals surface area contributed by atoms with Crippen molar-refractivity contribution in [2.75, 3.05) is 0 Å². The maximum atomic E-state index is 8.25. The number of quaternary nitrogens is 1. The van der Waals surface area contributed by atoms with Gasteiger partial charge in [0, 0.05) is 0 Å². The van der Waals surface area contributed by atoms with Crippen molar-refractivity contribution >= 4 is 0 Å². The molecule has 134 valence electrons. The van der Waals surface area contributed by atoms with Crippen molar-refractivity contribution in [2.24, 2.45) is 0 Å². The Morgan fingerprint density at radius 3 is 0.364 bits per heavy atom. The van der Waals surface area contributed by atoms with Gasteiger partial charge in [-0.15, -0.1) is 0 Å². The van der Waals surface area contributed by atoms with E-state index in [0.29, 0.717) is 0 Å². The first-order chi connectivity index (χ1) is 8.66. The van der Waals surface area contributed by atoms with E-state index in [1.807, 2.05) is 0 Å². The summed E-state index contributed by atoms with van der Waals surface area (Å²) in [5.74, 6) is 0. The van der Waals surface area contributed by atoms with Crippen molar-refractivity contribution in [3.8, 4) is 0 Å². The van der Waals surface area contributed by atoms with Gasteiger partial charge < -0.3 is 82.8 Å². The van der Waals surface area contributed by atoms with Crippen molar-refractivity contribution in [2.45, 2.75) is 0 Å². The molecule has 21 nitrogen and oxygen atoms in total. The van der Waals surface area contributed by atoms with Crippen LogP contribution in [0.5, 0.6) is 0 Å². The molecule has 0 aliphatic carbocycles. The molecule has 0 saturated carbocycles.